The Labute approximate surface area is 162 Å². The third kappa shape index (κ3) is 6.12. The average molecular weight is 377 g/mol. The van der Waals surface area contributed by atoms with E-state index in [1.165, 1.54) is 0 Å². The molecule has 0 aromatic carbocycles. The molecule has 0 spiro atoms. The van der Waals surface area contributed by atoms with Crippen LogP contribution in [-0.4, -0.2) is 60.7 Å². The Morgan fingerprint density at radius 2 is 1.85 bits per heavy atom. The summed E-state index contributed by atoms with van der Waals surface area (Å²) in [5.74, 6) is -0.105. The van der Waals surface area contributed by atoms with E-state index < -0.39 is 0 Å². The molecule has 0 saturated carbocycles. The van der Waals surface area contributed by atoms with Crippen molar-refractivity contribution in [2.45, 2.75) is 52.5 Å². The van der Waals surface area contributed by atoms with E-state index >= 15 is 0 Å². The molecule has 2 amide bonds. The molecule has 1 aliphatic heterocycles. The molecule has 0 unspecified atom stereocenters. The third-order valence-electron chi connectivity index (χ3n) is 4.69. The summed E-state index contributed by atoms with van der Waals surface area (Å²) in [6.07, 6.45) is 6.73. The fourth-order valence-electron chi connectivity index (χ4n) is 3.32. The van der Waals surface area contributed by atoms with Crippen LogP contribution in [0, 0.1) is 0 Å². The van der Waals surface area contributed by atoms with Gasteiger partial charge in [0.05, 0.1) is 24.1 Å². The SMILES string of the molecule is CCCN(CCC)c1cncc(C(=O)NC2CCN(C(=O)OCC)CC2)c1. The van der Waals surface area contributed by atoms with Crippen molar-refractivity contribution < 1.29 is 14.3 Å². The van der Waals surface area contributed by atoms with Crippen LogP contribution in [0.3, 0.4) is 0 Å². The lowest BCUT2D eigenvalue weighted by Gasteiger charge is -2.31. The van der Waals surface area contributed by atoms with Crippen LogP contribution in [0.15, 0.2) is 18.5 Å². The standard InChI is InChI=1S/C20H32N4O3/c1-4-9-23(10-5-2)18-13-16(14-21-15-18)19(25)22-17-7-11-24(12-8-17)20(26)27-6-3/h13-15,17H,4-12H2,1-3H3,(H,22,25). The molecular weight excluding hydrogens is 344 g/mol. The number of hydrogen-bond donors (Lipinski definition) is 1. The number of aromatic nitrogens is 1. The lowest BCUT2D eigenvalue weighted by atomic mass is 10.0. The molecule has 7 nitrogen and oxygen atoms in total. The first-order valence-corrected chi connectivity index (χ1v) is 10.0. The average Bonchev–Trinajstić information content (AvgIpc) is 2.68. The first-order chi connectivity index (χ1) is 13.1. The van der Waals surface area contributed by atoms with Gasteiger partial charge in [0.2, 0.25) is 0 Å². The normalized spacial score (nSPS) is 14.7. The van der Waals surface area contributed by atoms with Crippen LogP contribution in [0.5, 0.6) is 0 Å². The van der Waals surface area contributed by atoms with Gasteiger partial charge in [0.25, 0.3) is 5.91 Å². The van der Waals surface area contributed by atoms with Crippen molar-refractivity contribution >= 4 is 17.7 Å². The van der Waals surface area contributed by atoms with Crippen molar-refractivity contribution in [2.24, 2.45) is 0 Å². The highest BCUT2D eigenvalue weighted by molar-refractivity contribution is 5.95. The molecular formula is C20H32N4O3. The Balaban J connectivity index is 1.93. The zero-order valence-corrected chi connectivity index (χ0v) is 16.7. The molecule has 1 aliphatic rings. The number of carbonyl (C=O) groups is 2. The van der Waals surface area contributed by atoms with Crippen LogP contribution in [0.2, 0.25) is 0 Å². The smallest absolute Gasteiger partial charge is 0.409 e. The number of anilines is 1. The number of nitrogens with one attached hydrogen (secondary N) is 1. The second-order valence-corrected chi connectivity index (χ2v) is 6.85. The van der Waals surface area contributed by atoms with Gasteiger partial charge in [-0.3, -0.25) is 9.78 Å². The number of carbonyl (C=O) groups excluding carboxylic acids is 2. The van der Waals surface area contributed by atoms with E-state index in [9.17, 15) is 9.59 Å². The molecule has 7 heteroatoms. The number of piperidine rings is 1. The largest absolute Gasteiger partial charge is 0.450 e. The first-order valence-electron chi connectivity index (χ1n) is 10.0. The van der Waals surface area contributed by atoms with Crippen molar-refractivity contribution in [1.29, 1.82) is 0 Å². The monoisotopic (exact) mass is 376 g/mol. The molecule has 150 valence electrons. The molecule has 0 aliphatic carbocycles. The fraction of sp³-hybridized carbons (Fsp3) is 0.650. The highest BCUT2D eigenvalue weighted by Crippen LogP contribution is 2.17. The summed E-state index contributed by atoms with van der Waals surface area (Å²) in [5.41, 5.74) is 1.57. The summed E-state index contributed by atoms with van der Waals surface area (Å²) >= 11 is 0. The summed E-state index contributed by atoms with van der Waals surface area (Å²) in [6.45, 7) is 9.58. The summed E-state index contributed by atoms with van der Waals surface area (Å²) in [6, 6.07) is 1.98. The number of pyridine rings is 1. The van der Waals surface area contributed by atoms with Gasteiger partial charge in [-0.05, 0) is 38.7 Å². The molecule has 1 aromatic heterocycles. The minimum atomic E-state index is -0.272. The number of ether oxygens (including phenoxy) is 1. The third-order valence-corrected chi connectivity index (χ3v) is 4.69. The van der Waals surface area contributed by atoms with E-state index in [0.717, 1.165) is 44.5 Å². The Morgan fingerprint density at radius 3 is 2.44 bits per heavy atom. The number of amides is 2. The molecule has 2 rings (SSSR count). The van der Waals surface area contributed by atoms with Gasteiger partial charge in [0.1, 0.15) is 0 Å². The summed E-state index contributed by atoms with van der Waals surface area (Å²) in [5, 5.41) is 3.08. The van der Waals surface area contributed by atoms with Crippen molar-refractivity contribution in [3.05, 3.63) is 24.0 Å². The number of hydrogen-bond acceptors (Lipinski definition) is 5. The van der Waals surface area contributed by atoms with Crippen molar-refractivity contribution in [2.75, 3.05) is 37.7 Å². The lowest BCUT2D eigenvalue weighted by molar-refractivity contribution is 0.0860. The maximum absolute atomic E-state index is 12.6. The van der Waals surface area contributed by atoms with Crippen LogP contribution < -0.4 is 10.2 Å². The second-order valence-electron chi connectivity index (χ2n) is 6.85. The molecule has 0 radical (unpaired) electrons. The zero-order valence-electron chi connectivity index (χ0n) is 16.7. The number of likely N-dealkylation sites (tertiary alicyclic amines) is 1. The zero-order chi connectivity index (χ0) is 19.6. The van der Waals surface area contributed by atoms with E-state index in [2.05, 4.69) is 29.0 Å². The molecule has 1 aromatic rings. The Kier molecular flexibility index (Phi) is 8.36. The molecule has 1 saturated heterocycles. The molecule has 0 bridgehead atoms. The number of nitrogens with zero attached hydrogens (tertiary/aromatic N) is 3. The van der Waals surface area contributed by atoms with Crippen molar-refractivity contribution in [1.82, 2.24) is 15.2 Å². The Bertz CT molecular complexity index is 609. The Hall–Kier alpha value is -2.31. The highest BCUT2D eigenvalue weighted by Gasteiger charge is 2.25. The van der Waals surface area contributed by atoms with Crippen molar-refractivity contribution in [3.8, 4) is 0 Å². The van der Waals surface area contributed by atoms with E-state index in [0.29, 0.717) is 25.3 Å². The second kappa shape index (κ2) is 10.7. The van der Waals surface area contributed by atoms with Crippen LogP contribution in [0.1, 0.15) is 56.8 Å². The predicted octanol–water partition coefficient (Wildman–Crippen LogP) is 3.06. The van der Waals surface area contributed by atoms with Crippen LogP contribution in [0.4, 0.5) is 10.5 Å². The minimum absolute atomic E-state index is 0.0641. The highest BCUT2D eigenvalue weighted by atomic mass is 16.6. The summed E-state index contributed by atoms with van der Waals surface area (Å²) in [7, 11) is 0. The van der Waals surface area contributed by atoms with Gasteiger partial charge in [0.15, 0.2) is 0 Å². The molecule has 2 heterocycles. The number of rotatable bonds is 8. The maximum Gasteiger partial charge on any atom is 0.409 e. The van der Waals surface area contributed by atoms with Crippen LogP contribution in [-0.2, 0) is 4.74 Å². The first kappa shape index (κ1) is 21.0. The minimum Gasteiger partial charge on any atom is -0.450 e. The van der Waals surface area contributed by atoms with E-state index in [1.807, 2.05) is 12.3 Å². The molecule has 0 atom stereocenters. The van der Waals surface area contributed by atoms with Gasteiger partial charge in [-0.25, -0.2) is 4.79 Å². The van der Waals surface area contributed by atoms with Gasteiger partial charge in [-0.1, -0.05) is 13.8 Å². The van der Waals surface area contributed by atoms with Crippen LogP contribution >= 0.6 is 0 Å². The molecule has 27 heavy (non-hydrogen) atoms. The van der Waals surface area contributed by atoms with Crippen LogP contribution in [0.25, 0.3) is 0 Å². The summed E-state index contributed by atoms with van der Waals surface area (Å²) in [4.78, 5) is 32.6. The summed E-state index contributed by atoms with van der Waals surface area (Å²) < 4.78 is 5.03. The van der Waals surface area contributed by atoms with Gasteiger partial charge in [-0.15, -0.1) is 0 Å². The quantitative estimate of drug-likeness (QED) is 0.755. The van der Waals surface area contributed by atoms with Crippen molar-refractivity contribution in [3.63, 3.8) is 0 Å². The van der Waals surface area contributed by atoms with E-state index in [4.69, 9.17) is 4.74 Å². The van der Waals surface area contributed by atoms with Gasteiger partial charge >= 0.3 is 6.09 Å². The van der Waals surface area contributed by atoms with Gasteiger partial charge < -0.3 is 19.9 Å². The maximum atomic E-state index is 12.6. The topological polar surface area (TPSA) is 74.8 Å². The lowest BCUT2D eigenvalue weighted by Crippen LogP contribution is -2.46. The fourth-order valence-corrected chi connectivity index (χ4v) is 3.32. The predicted molar refractivity (Wildman–Crippen MR) is 106 cm³/mol. The Morgan fingerprint density at radius 1 is 1.19 bits per heavy atom. The van der Waals surface area contributed by atoms with Gasteiger partial charge in [-0.2, -0.15) is 0 Å². The van der Waals surface area contributed by atoms with Gasteiger partial charge in [0, 0.05) is 38.4 Å². The molecule has 1 fully saturated rings. The van der Waals surface area contributed by atoms with E-state index in [-0.39, 0.29) is 18.0 Å². The molecule has 1 N–H and O–H groups in total. The van der Waals surface area contributed by atoms with E-state index in [1.54, 1.807) is 18.0 Å².